The van der Waals surface area contributed by atoms with Gasteiger partial charge in [0.25, 0.3) is 11.5 Å². The normalized spacial score (nSPS) is 21.4. The highest BCUT2D eigenvalue weighted by Crippen LogP contribution is 2.41. The van der Waals surface area contributed by atoms with Crippen LogP contribution in [0.25, 0.3) is 0 Å². The van der Waals surface area contributed by atoms with E-state index in [-0.39, 0.29) is 35.2 Å². The van der Waals surface area contributed by atoms with Gasteiger partial charge in [-0.2, -0.15) is 0 Å². The highest BCUT2D eigenvalue weighted by Gasteiger charge is 2.45. The molecule has 1 saturated heterocycles. The van der Waals surface area contributed by atoms with Crippen molar-refractivity contribution >= 4 is 17.6 Å². The lowest BCUT2D eigenvalue weighted by atomic mass is 9.98. The zero-order chi connectivity index (χ0) is 19.7. The zero-order valence-corrected chi connectivity index (χ0v) is 15.7. The maximum absolute atomic E-state index is 13.0. The van der Waals surface area contributed by atoms with Crippen LogP contribution in [0.15, 0.2) is 47.5 Å². The van der Waals surface area contributed by atoms with Crippen molar-refractivity contribution in [3.05, 3.63) is 58.8 Å². The van der Waals surface area contributed by atoms with E-state index >= 15 is 0 Å². The molecule has 0 bridgehead atoms. The predicted octanol–water partition coefficient (Wildman–Crippen LogP) is 1.47. The minimum absolute atomic E-state index is 0.0734. The molecule has 2 heterocycles. The van der Waals surface area contributed by atoms with Gasteiger partial charge in [-0.3, -0.25) is 14.5 Å². The van der Waals surface area contributed by atoms with Gasteiger partial charge in [-0.05, 0) is 30.9 Å². The minimum Gasteiger partial charge on any atom is -0.346 e. The Morgan fingerprint density at radius 2 is 1.96 bits per heavy atom. The fourth-order valence-corrected chi connectivity index (χ4v) is 3.82. The lowest BCUT2D eigenvalue weighted by Crippen LogP contribution is -2.44. The number of anilines is 1. The van der Waals surface area contributed by atoms with Gasteiger partial charge < -0.3 is 15.2 Å². The molecule has 8 heteroatoms. The molecule has 1 aliphatic carbocycles. The molecule has 2 fully saturated rings. The average Bonchev–Trinajstić information content (AvgIpc) is 3.48. The van der Waals surface area contributed by atoms with Crippen LogP contribution in [0.5, 0.6) is 0 Å². The van der Waals surface area contributed by atoms with Gasteiger partial charge in [-0.1, -0.05) is 18.2 Å². The number of benzene rings is 1. The van der Waals surface area contributed by atoms with Crippen LogP contribution < -0.4 is 15.8 Å². The number of amides is 3. The first-order valence-corrected chi connectivity index (χ1v) is 9.46. The van der Waals surface area contributed by atoms with Crippen LogP contribution in [0.4, 0.5) is 10.5 Å². The van der Waals surface area contributed by atoms with Crippen molar-refractivity contribution in [3.63, 3.8) is 0 Å². The molecule has 0 spiro atoms. The van der Waals surface area contributed by atoms with Crippen LogP contribution in [-0.4, -0.2) is 53.0 Å². The summed E-state index contributed by atoms with van der Waals surface area (Å²) in [5, 5.41) is 3.01. The van der Waals surface area contributed by atoms with Crippen LogP contribution >= 0.6 is 0 Å². The molecule has 0 unspecified atom stereocenters. The summed E-state index contributed by atoms with van der Waals surface area (Å²) in [6, 6.07) is 9.31. The number of carbonyl (C=O) groups excluding carboxylic acids is 2. The molecule has 1 aliphatic heterocycles. The Morgan fingerprint density at radius 3 is 2.61 bits per heavy atom. The van der Waals surface area contributed by atoms with Gasteiger partial charge in [0.1, 0.15) is 5.69 Å². The van der Waals surface area contributed by atoms with Crippen LogP contribution in [0.1, 0.15) is 23.3 Å². The number of H-pyrrole nitrogens is 1. The minimum atomic E-state index is -0.353. The second-order valence-corrected chi connectivity index (χ2v) is 7.46. The van der Waals surface area contributed by atoms with E-state index in [9.17, 15) is 14.4 Å². The summed E-state index contributed by atoms with van der Waals surface area (Å²) in [5.41, 5.74) is 0.648. The topological polar surface area (TPSA) is 98.4 Å². The molecule has 1 aromatic carbocycles. The summed E-state index contributed by atoms with van der Waals surface area (Å²) in [7, 11) is 1.76. The van der Waals surface area contributed by atoms with Crippen molar-refractivity contribution in [1.29, 1.82) is 0 Å². The highest BCUT2D eigenvalue weighted by molar-refractivity contribution is 5.93. The first-order valence-electron chi connectivity index (χ1n) is 9.46. The van der Waals surface area contributed by atoms with Crippen LogP contribution in [0.3, 0.4) is 0 Å². The molecule has 28 heavy (non-hydrogen) atoms. The molecule has 2 N–H and O–H groups in total. The molecular formula is C20H23N5O3. The SMILES string of the molecule is CN(C(=O)N1C[C@H](NC(=O)c2c[nH]c(=O)cn2)[C@@H](C2CC2)C1)c1ccccc1. The number of carbonyl (C=O) groups is 2. The number of para-hydroxylation sites is 1. The van der Waals surface area contributed by atoms with Gasteiger partial charge >= 0.3 is 6.03 Å². The van der Waals surface area contributed by atoms with Crippen molar-refractivity contribution in [1.82, 2.24) is 20.2 Å². The lowest BCUT2D eigenvalue weighted by Gasteiger charge is -2.24. The highest BCUT2D eigenvalue weighted by atomic mass is 16.2. The molecule has 2 atom stereocenters. The largest absolute Gasteiger partial charge is 0.346 e. The number of aromatic nitrogens is 2. The quantitative estimate of drug-likeness (QED) is 0.838. The number of rotatable bonds is 4. The third kappa shape index (κ3) is 3.76. The number of hydrogen-bond acceptors (Lipinski definition) is 4. The molecule has 1 aromatic heterocycles. The number of hydrogen-bond donors (Lipinski definition) is 2. The number of likely N-dealkylation sites (tertiary alicyclic amines) is 1. The summed E-state index contributed by atoms with van der Waals surface area (Å²) < 4.78 is 0. The summed E-state index contributed by atoms with van der Waals surface area (Å²) >= 11 is 0. The van der Waals surface area contributed by atoms with E-state index in [2.05, 4.69) is 15.3 Å². The molecule has 8 nitrogen and oxygen atoms in total. The Labute approximate surface area is 162 Å². The Balaban J connectivity index is 1.46. The van der Waals surface area contributed by atoms with E-state index in [4.69, 9.17) is 0 Å². The third-order valence-corrected chi connectivity index (χ3v) is 5.51. The van der Waals surface area contributed by atoms with Crippen molar-refractivity contribution in [2.45, 2.75) is 18.9 Å². The molecule has 0 radical (unpaired) electrons. The van der Waals surface area contributed by atoms with Crippen LogP contribution in [0, 0.1) is 11.8 Å². The number of aromatic amines is 1. The fraction of sp³-hybridized carbons (Fsp3) is 0.400. The molecule has 2 aliphatic rings. The monoisotopic (exact) mass is 381 g/mol. The molecule has 2 aromatic rings. The number of nitrogens with one attached hydrogen (secondary N) is 2. The fourth-order valence-electron chi connectivity index (χ4n) is 3.82. The Morgan fingerprint density at radius 1 is 1.21 bits per heavy atom. The van der Waals surface area contributed by atoms with Crippen molar-refractivity contribution < 1.29 is 9.59 Å². The molecular weight excluding hydrogens is 358 g/mol. The average molecular weight is 381 g/mol. The van der Waals surface area contributed by atoms with Gasteiger partial charge in [0.2, 0.25) is 0 Å². The second-order valence-electron chi connectivity index (χ2n) is 7.46. The standard InChI is InChI=1S/C20H23N5O3/c1-24(14-5-3-2-4-6-14)20(28)25-11-15(13-7-8-13)17(12-25)23-19(27)16-9-22-18(26)10-21-16/h2-6,9-10,13,15,17H,7-8,11-12H2,1H3,(H,22,26)(H,23,27)/t15-,17+/m1/s1. The summed E-state index contributed by atoms with van der Waals surface area (Å²) in [6.07, 6.45) is 4.66. The predicted molar refractivity (Wildman–Crippen MR) is 104 cm³/mol. The maximum Gasteiger partial charge on any atom is 0.324 e. The van der Waals surface area contributed by atoms with Crippen LogP contribution in [-0.2, 0) is 0 Å². The molecule has 1 saturated carbocycles. The Kier molecular flexibility index (Phi) is 4.85. The summed E-state index contributed by atoms with van der Waals surface area (Å²) in [6.45, 7) is 1.09. The van der Waals surface area contributed by atoms with E-state index in [1.54, 1.807) is 16.8 Å². The van der Waals surface area contributed by atoms with Gasteiger partial charge in [-0.15, -0.1) is 0 Å². The van der Waals surface area contributed by atoms with E-state index in [0.29, 0.717) is 19.0 Å². The molecule has 3 amide bonds. The summed E-state index contributed by atoms with van der Waals surface area (Å²) in [4.78, 5) is 46.4. The third-order valence-electron chi connectivity index (χ3n) is 5.51. The molecule has 146 valence electrons. The van der Waals surface area contributed by atoms with Gasteiger partial charge in [0, 0.05) is 37.9 Å². The lowest BCUT2D eigenvalue weighted by molar-refractivity contribution is 0.0922. The summed E-state index contributed by atoms with van der Waals surface area (Å²) in [5.74, 6) is 0.436. The Bertz CT molecular complexity index is 904. The van der Waals surface area contributed by atoms with E-state index in [1.165, 1.54) is 6.20 Å². The van der Waals surface area contributed by atoms with Gasteiger partial charge in [0.05, 0.1) is 12.2 Å². The molecule has 4 rings (SSSR count). The van der Waals surface area contributed by atoms with Crippen molar-refractivity contribution in [2.75, 3.05) is 25.0 Å². The van der Waals surface area contributed by atoms with E-state index in [0.717, 1.165) is 24.7 Å². The number of nitrogens with zero attached hydrogens (tertiary/aromatic N) is 3. The first kappa shape index (κ1) is 18.2. The van der Waals surface area contributed by atoms with E-state index in [1.807, 2.05) is 30.3 Å². The van der Waals surface area contributed by atoms with Crippen molar-refractivity contribution in [3.8, 4) is 0 Å². The van der Waals surface area contributed by atoms with Crippen molar-refractivity contribution in [2.24, 2.45) is 11.8 Å². The number of urea groups is 1. The smallest absolute Gasteiger partial charge is 0.324 e. The first-order chi connectivity index (χ1) is 13.5. The maximum atomic E-state index is 13.0. The zero-order valence-electron chi connectivity index (χ0n) is 15.7. The van der Waals surface area contributed by atoms with E-state index < -0.39 is 0 Å². The van der Waals surface area contributed by atoms with Crippen LogP contribution in [0.2, 0.25) is 0 Å². The van der Waals surface area contributed by atoms with Gasteiger partial charge in [-0.25, -0.2) is 9.78 Å². The second kappa shape index (κ2) is 7.46. The Hall–Kier alpha value is -3.16. The van der Waals surface area contributed by atoms with Gasteiger partial charge in [0.15, 0.2) is 0 Å².